The fraction of sp³-hybridized carbons (Fsp3) is 0.364. The third kappa shape index (κ3) is 3.45. The minimum atomic E-state index is -0.0387. The van der Waals surface area contributed by atoms with Gasteiger partial charge in [-0.25, -0.2) is 4.98 Å². The predicted molar refractivity (Wildman–Crippen MR) is 116 cm³/mol. The van der Waals surface area contributed by atoms with Gasteiger partial charge in [0.2, 0.25) is 0 Å². The topological polar surface area (TPSA) is 66.5 Å². The molecule has 1 fully saturated rings. The molecule has 7 heteroatoms. The van der Waals surface area contributed by atoms with Crippen molar-refractivity contribution < 1.29 is 9.53 Å². The number of anilines is 1. The molecule has 1 unspecified atom stereocenters. The molecule has 0 aliphatic carbocycles. The quantitative estimate of drug-likeness (QED) is 0.696. The van der Waals surface area contributed by atoms with Crippen LogP contribution >= 0.6 is 11.3 Å². The SMILES string of the molecule is Cc1c(C(=O)NC2CCOc3ccccc32)ccc2nc(N3CCNCC3)sc12. The summed E-state index contributed by atoms with van der Waals surface area (Å²) in [5.74, 6) is 0.822. The van der Waals surface area contributed by atoms with Crippen LogP contribution in [0.3, 0.4) is 0 Å². The van der Waals surface area contributed by atoms with E-state index in [0.29, 0.717) is 6.61 Å². The van der Waals surface area contributed by atoms with E-state index in [1.54, 1.807) is 11.3 Å². The van der Waals surface area contributed by atoms with E-state index in [1.807, 2.05) is 43.3 Å². The Morgan fingerprint density at radius 1 is 1.24 bits per heavy atom. The highest BCUT2D eigenvalue weighted by Crippen LogP contribution is 2.34. The van der Waals surface area contributed by atoms with E-state index in [-0.39, 0.29) is 11.9 Å². The van der Waals surface area contributed by atoms with Crippen molar-refractivity contribution in [1.29, 1.82) is 0 Å². The van der Waals surface area contributed by atoms with Gasteiger partial charge in [-0.15, -0.1) is 0 Å². The molecule has 0 saturated carbocycles. The molecule has 5 rings (SSSR count). The van der Waals surface area contributed by atoms with Crippen molar-refractivity contribution in [1.82, 2.24) is 15.6 Å². The van der Waals surface area contributed by atoms with Crippen LogP contribution in [0, 0.1) is 6.92 Å². The average molecular weight is 409 g/mol. The number of carbonyl (C=O) groups is 1. The number of aryl methyl sites for hydroxylation is 1. The fourth-order valence-electron chi connectivity index (χ4n) is 4.08. The molecule has 6 nitrogen and oxygen atoms in total. The lowest BCUT2D eigenvalue weighted by Gasteiger charge is -2.26. The first-order valence-electron chi connectivity index (χ1n) is 10.1. The van der Waals surface area contributed by atoms with Gasteiger partial charge in [-0.2, -0.15) is 0 Å². The highest BCUT2D eigenvalue weighted by Gasteiger charge is 2.24. The van der Waals surface area contributed by atoms with Crippen LogP contribution in [0.4, 0.5) is 5.13 Å². The number of hydrogen-bond donors (Lipinski definition) is 2. The number of thiazole rings is 1. The van der Waals surface area contributed by atoms with Crippen molar-refractivity contribution >= 4 is 32.6 Å². The second-order valence-corrected chi connectivity index (χ2v) is 8.50. The molecule has 29 heavy (non-hydrogen) atoms. The first-order valence-corrected chi connectivity index (χ1v) is 10.9. The molecule has 2 aromatic carbocycles. The molecule has 2 N–H and O–H groups in total. The van der Waals surface area contributed by atoms with Crippen molar-refractivity contribution in [2.45, 2.75) is 19.4 Å². The largest absolute Gasteiger partial charge is 0.493 e. The first kappa shape index (κ1) is 18.4. The maximum Gasteiger partial charge on any atom is 0.252 e. The van der Waals surface area contributed by atoms with Crippen molar-refractivity contribution in [3.05, 3.63) is 53.1 Å². The summed E-state index contributed by atoms with van der Waals surface area (Å²) in [4.78, 5) is 20.2. The van der Waals surface area contributed by atoms with Gasteiger partial charge in [0.05, 0.1) is 22.9 Å². The number of aromatic nitrogens is 1. The number of nitrogens with one attached hydrogen (secondary N) is 2. The van der Waals surface area contributed by atoms with Gasteiger partial charge in [0.1, 0.15) is 5.75 Å². The molecular weight excluding hydrogens is 384 g/mol. The van der Waals surface area contributed by atoms with E-state index in [4.69, 9.17) is 9.72 Å². The molecule has 1 aromatic heterocycles. The molecule has 2 aliphatic rings. The third-order valence-electron chi connectivity index (χ3n) is 5.69. The van der Waals surface area contributed by atoms with Gasteiger partial charge >= 0.3 is 0 Å². The molecule has 1 amide bonds. The second-order valence-electron chi connectivity index (χ2n) is 7.52. The van der Waals surface area contributed by atoms with E-state index in [2.05, 4.69) is 15.5 Å². The Labute approximate surface area is 173 Å². The Kier molecular flexibility index (Phi) is 4.85. The minimum Gasteiger partial charge on any atom is -0.493 e. The average Bonchev–Trinajstić information content (AvgIpc) is 3.20. The summed E-state index contributed by atoms with van der Waals surface area (Å²) in [5, 5.41) is 7.63. The zero-order valence-corrected chi connectivity index (χ0v) is 17.2. The summed E-state index contributed by atoms with van der Waals surface area (Å²) in [7, 11) is 0. The molecule has 0 spiro atoms. The van der Waals surface area contributed by atoms with E-state index in [0.717, 1.165) is 70.4 Å². The number of piperazine rings is 1. The van der Waals surface area contributed by atoms with Crippen LogP contribution in [-0.2, 0) is 0 Å². The number of ether oxygens (including phenoxy) is 1. The molecule has 1 saturated heterocycles. The van der Waals surface area contributed by atoms with Gasteiger partial charge in [-0.1, -0.05) is 29.5 Å². The van der Waals surface area contributed by atoms with Crippen molar-refractivity contribution in [2.75, 3.05) is 37.7 Å². The molecule has 2 aliphatic heterocycles. The van der Waals surface area contributed by atoms with Gasteiger partial charge in [-0.3, -0.25) is 4.79 Å². The standard InChI is InChI=1S/C22H24N4O2S/c1-14-15(21(27)24-17-8-13-28-19-5-3-2-4-16(17)19)6-7-18-20(14)29-22(25-18)26-11-9-23-10-12-26/h2-7,17,23H,8-13H2,1H3,(H,24,27). The lowest BCUT2D eigenvalue weighted by Crippen LogP contribution is -2.43. The number of benzene rings is 2. The Balaban J connectivity index is 1.41. The lowest BCUT2D eigenvalue weighted by atomic mass is 9.99. The molecule has 0 bridgehead atoms. The van der Waals surface area contributed by atoms with Gasteiger partial charge in [0.15, 0.2) is 5.13 Å². The van der Waals surface area contributed by atoms with Gasteiger partial charge < -0.3 is 20.3 Å². The number of amides is 1. The first-order chi connectivity index (χ1) is 14.2. The molecule has 3 heterocycles. The van der Waals surface area contributed by atoms with Crippen LogP contribution < -0.4 is 20.3 Å². The van der Waals surface area contributed by atoms with Crippen LogP contribution in [0.25, 0.3) is 10.2 Å². The number of fused-ring (bicyclic) bond motifs is 2. The van der Waals surface area contributed by atoms with Crippen LogP contribution in [0.2, 0.25) is 0 Å². The van der Waals surface area contributed by atoms with Crippen LogP contribution in [0.5, 0.6) is 5.75 Å². The van der Waals surface area contributed by atoms with Crippen LogP contribution in [-0.4, -0.2) is 43.7 Å². The minimum absolute atomic E-state index is 0.0274. The Morgan fingerprint density at radius 3 is 2.93 bits per heavy atom. The molecule has 0 radical (unpaired) electrons. The van der Waals surface area contributed by atoms with E-state index in [9.17, 15) is 4.79 Å². The Hall–Kier alpha value is -2.64. The van der Waals surface area contributed by atoms with E-state index in [1.165, 1.54) is 0 Å². The molecule has 1 atom stereocenters. The Bertz CT molecular complexity index is 1060. The number of rotatable bonds is 3. The number of hydrogen-bond acceptors (Lipinski definition) is 6. The molecule has 3 aromatic rings. The third-order valence-corrected chi connectivity index (χ3v) is 6.94. The summed E-state index contributed by atoms with van der Waals surface area (Å²) in [6.07, 6.45) is 0.776. The summed E-state index contributed by atoms with van der Waals surface area (Å²) < 4.78 is 6.81. The summed E-state index contributed by atoms with van der Waals surface area (Å²) in [6.45, 7) is 6.53. The van der Waals surface area contributed by atoms with E-state index < -0.39 is 0 Å². The normalized spacial score (nSPS) is 18.9. The maximum absolute atomic E-state index is 13.1. The summed E-state index contributed by atoms with van der Waals surface area (Å²) >= 11 is 1.68. The smallest absolute Gasteiger partial charge is 0.252 e. The maximum atomic E-state index is 13.1. The highest BCUT2D eigenvalue weighted by atomic mass is 32.1. The molecule has 150 valence electrons. The van der Waals surface area contributed by atoms with Crippen LogP contribution in [0.1, 0.15) is 33.9 Å². The monoisotopic (exact) mass is 408 g/mol. The predicted octanol–water partition coefficient (Wildman–Crippen LogP) is 3.27. The van der Waals surface area contributed by atoms with Gasteiger partial charge in [0, 0.05) is 43.7 Å². The number of carbonyl (C=O) groups excluding carboxylic acids is 1. The number of nitrogens with zero attached hydrogens (tertiary/aromatic N) is 2. The molecular formula is C22H24N4O2S. The fourth-order valence-corrected chi connectivity index (χ4v) is 5.20. The summed E-state index contributed by atoms with van der Waals surface area (Å²) in [6, 6.07) is 11.8. The van der Waals surface area contributed by atoms with Crippen molar-refractivity contribution in [3.63, 3.8) is 0 Å². The Morgan fingerprint density at radius 2 is 2.07 bits per heavy atom. The zero-order valence-electron chi connectivity index (χ0n) is 16.4. The second kappa shape index (κ2) is 7.65. The lowest BCUT2D eigenvalue weighted by molar-refractivity contribution is 0.0924. The van der Waals surface area contributed by atoms with Gasteiger partial charge in [-0.05, 0) is 30.7 Å². The van der Waals surface area contributed by atoms with Crippen LogP contribution in [0.15, 0.2) is 36.4 Å². The van der Waals surface area contributed by atoms with Crippen molar-refractivity contribution in [3.8, 4) is 5.75 Å². The number of para-hydroxylation sites is 1. The van der Waals surface area contributed by atoms with Crippen molar-refractivity contribution in [2.24, 2.45) is 0 Å². The zero-order chi connectivity index (χ0) is 19.8. The van der Waals surface area contributed by atoms with Gasteiger partial charge in [0.25, 0.3) is 5.91 Å². The highest BCUT2D eigenvalue weighted by molar-refractivity contribution is 7.22. The summed E-state index contributed by atoms with van der Waals surface area (Å²) in [5.41, 5.74) is 3.73. The van der Waals surface area contributed by atoms with E-state index >= 15 is 0 Å².